The van der Waals surface area contributed by atoms with Gasteiger partial charge in [0.1, 0.15) is 17.9 Å². The van der Waals surface area contributed by atoms with Crippen LogP contribution in [0.2, 0.25) is 0 Å². The van der Waals surface area contributed by atoms with Crippen LogP contribution in [0.25, 0.3) is 0 Å². The second kappa shape index (κ2) is 17.8. The molecule has 1 aliphatic carbocycles. The summed E-state index contributed by atoms with van der Waals surface area (Å²) in [4.78, 5) is 24.9. The number of nitrogens with zero attached hydrogens (tertiary/aromatic N) is 4. The number of rotatable bonds is 5. The van der Waals surface area contributed by atoms with Gasteiger partial charge in [-0.1, -0.05) is 52.2 Å². The van der Waals surface area contributed by atoms with Crippen LogP contribution >= 0.6 is 0 Å². The van der Waals surface area contributed by atoms with Crippen molar-refractivity contribution in [2.45, 2.75) is 105 Å². The minimum atomic E-state index is -0.116. The molecule has 37 heavy (non-hydrogen) atoms. The first-order chi connectivity index (χ1) is 17.3. The van der Waals surface area contributed by atoms with Crippen molar-refractivity contribution in [2.24, 2.45) is 0 Å². The van der Waals surface area contributed by atoms with E-state index in [0.29, 0.717) is 17.6 Å². The molecule has 2 heterocycles. The Morgan fingerprint density at radius 3 is 1.89 bits per heavy atom. The monoisotopic (exact) mass is 516 g/mol. The normalized spacial score (nSPS) is 16.6. The first-order valence-corrected chi connectivity index (χ1v) is 13.4. The number of aromatic nitrogens is 3. The molecule has 0 amide bonds. The van der Waals surface area contributed by atoms with Gasteiger partial charge in [-0.3, -0.25) is 0 Å². The summed E-state index contributed by atoms with van der Waals surface area (Å²) in [6, 6.07) is 6.20. The van der Waals surface area contributed by atoms with Gasteiger partial charge in [-0.05, 0) is 77.1 Å². The van der Waals surface area contributed by atoms with Crippen LogP contribution in [0.15, 0.2) is 18.2 Å². The van der Waals surface area contributed by atoms with E-state index in [-0.39, 0.29) is 13.2 Å². The number of hydrogen-bond donors (Lipinski definition) is 2. The Morgan fingerprint density at radius 2 is 1.43 bits per heavy atom. The van der Waals surface area contributed by atoms with Gasteiger partial charge in [-0.2, -0.15) is 15.0 Å². The molecule has 4 rings (SSSR count). The molecule has 7 nitrogen and oxygen atoms in total. The fourth-order valence-electron chi connectivity index (χ4n) is 4.49. The van der Waals surface area contributed by atoms with Gasteiger partial charge in [-0.15, -0.1) is 0 Å². The van der Waals surface area contributed by atoms with E-state index in [1.165, 1.54) is 51.5 Å². The van der Waals surface area contributed by atoms with Gasteiger partial charge in [0, 0.05) is 25.2 Å². The molecule has 0 atom stereocenters. The Kier molecular flexibility index (Phi) is 15.6. The number of hydrogen-bond acceptors (Lipinski definition) is 7. The molecule has 1 saturated carbocycles. The highest BCUT2D eigenvalue weighted by Crippen LogP contribution is 2.21. The Morgan fingerprint density at radius 1 is 0.919 bits per heavy atom. The second-order valence-corrected chi connectivity index (χ2v) is 9.70. The zero-order valence-electron chi connectivity index (χ0n) is 22.8. The van der Waals surface area contributed by atoms with Gasteiger partial charge >= 0.3 is 0 Å². The van der Waals surface area contributed by atoms with Crippen molar-refractivity contribution in [1.82, 2.24) is 19.9 Å². The molecule has 1 aromatic heterocycles. The molecule has 0 radical (unpaired) electrons. The lowest BCUT2D eigenvalue weighted by Gasteiger charge is -2.31. The molecule has 2 N–H and O–H groups in total. The van der Waals surface area contributed by atoms with Crippen LogP contribution < -0.4 is 10.6 Å². The lowest BCUT2D eigenvalue weighted by atomic mass is 10.1. The molecule has 2 aromatic rings. The van der Waals surface area contributed by atoms with E-state index in [0.717, 1.165) is 62.0 Å². The molecule has 2 aliphatic rings. The van der Waals surface area contributed by atoms with Crippen molar-refractivity contribution in [3.63, 3.8) is 0 Å². The van der Waals surface area contributed by atoms with Crippen molar-refractivity contribution >= 4 is 18.2 Å². The third-order valence-electron chi connectivity index (χ3n) is 6.63. The number of aldehydes is 1. The first-order valence-electron chi connectivity index (χ1n) is 13.4. The zero-order chi connectivity index (χ0) is 26.3. The highest BCUT2D eigenvalue weighted by molar-refractivity contribution is 5.44. The van der Waals surface area contributed by atoms with Crippen LogP contribution in [-0.2, 0) is 4.79 Å². The van der Waals surface area contributed by atoms with Crippen molar-refractivity contribution in [1.29, 1.82) is 0 Å². The van der Waals surface area contributed by atoms with E-state index >= 15 is 0 Å². The van der Waals surface area contributed by atoms with Gasteiger partial charge in [0.25, 0.3) is 0 Å². The zero-order valence-corrected chi connectivity index (χ0v) is 22.8. The fraction of sp³-hybridized carbons (Fsp3) is 0.655. The number of piperidine rings is 1. The number of halogens is 1. The summed E-state index contributed by atoms with van der Waals surface area (Å²) in [6.07, 6.45) is 10.8. The third-order valence-corrected chi connectivity index (χ3v) is 6.63. The summed E-state index contributed by atoms with van der Waals surface area (Å²) >= 11 is 0. The Hall–Kier alpha value is -2.61. The molecule has 1 aromatic carbocycles. The van der Waals surface area contributed by atoms with Crippen molar-refractivity contribution < 1.29 is 9.18 Å². The van der Waals surface area contributed by atoms with E-state index in [4.69, 9.17) is 4.79 Å². The van der Waals surface area contributed by atoms with E-state index in [1.807, 2.05) is 19.9 Å². The maximum atomic E-state index is 12.6. The van der Waals surface area contributed by atoms with Gasteiger partial charge in [0.15, 0.2) is 0 Å². The average Bonchev–Trinajstić information content (AvgIpc) is 3.11. The summed E-state index contributed by atoms with van der Waals surface area (Å²) in [5.74, 6) is 2.14. The number of carbonyl (C=O) groups is 1. The average molecular weight is 517 g/mol. The van der Waals surface area contributed by atoms with Gasteiger partial charge in [0.05, 0.1) is 0 Å². The number of likely N-dealkylation sites (tertiary alicyclic amines) is 1. The van der Waals surface area contributed by atoms with E-state index in [9.17, 15) is 4.39 Å². The van der Waals surface area contributed by atoms with E-state index in [1.54, 1.807) is 13.0 Å². The summed E-state index contributed by atoms with van der Waals surface area (Å²) in [5.41, 5.74) is 1.68. The maximum Gasteiger partial charge on any atom is 0.227 e. The number of anilines is 2. The van der Waals surface area contributed by atoms with Crippen molar-refractivity contribution in [3.05, 3.63) is 41.0 Å². The topological polar surface area (TPSA) is 83.0 Å². The Labute approximate surface area is 224 Å². The molecule has 0 unspecified atom stereocenters. The van der Waals surface area contributed by atoms with E-state index < -0.39 is 0 Å². The van der Waals surface area contributed by atoms with Crippen LogP contribution in [0.1, 0.15) is 89.6 Å². The number of nitrogens with one attached hydrogen (secondary N) is 2. The highest BCUT2D eigenvalue weighted by Gasteiger charge is 2.19. The predicted molar refractivity (Wildman–Crippen MR) is 153 cm³/mol. The first kappa shape index (κ1) is 32.4. The van der Waals surface area contributed by atoms with Crippen LogP contribution in [0.5, 0.6) is 0 Å². The summed E-state index contributed by atoms with van der Waals surface area (Å²) in [5, 5.41) is 7.07. The molecule has 0 spiro atoms. The summed E-state index contributed by atoms with van der Waals surface area (Å²) in [6.45, 7) is 12.7. The molecular formula is C29H49FN6O. The van der Waals surface area contributed by atoms with E-state index in [2.05, 4.69) is 37.4 Å². The highest BCUT2D eigenvalue weighted by atomic mass is 19.1. The van der Waals surface area contributed by atoms with Crippen LogP contribution in [0, 0.1) is 26.6 Å². The molecule has 1 aliphatic heterocycles. The molecule has 0 bridgehead atoms. The fourth-order valence-corrected chi connectivity index (χ4v) is 4.49. The van der Waals surface area contributed by atoms with Gasteiger partial charge < -0.3 is 20.3 Å². The molecule has 8 heteroatoms. The van der Waals surface area contributed by atoms with Gasteiger partial charge in [0.2, 0.25) is 11.9 Å². The smallest absolute Gasteiger partial charge is 0.227 e. The largest absolute Gasteiger partial charge is 0.351 e. The Bertz CT molecular complexity index is 909. The predicted octanol–water partition coefficient (Wildman–Crippen LogP) is 6.49. The molecule has 1 saturated heterocycles. The second-order valence-electron chi connectivity index (χ2n) is 9.70. The Balaban J connectivity index is 0.000000440. The number of carbonyl (C=O) groups excluding carboxylic acids is 1. The SMILES string of the molecule is C.CC=O.CCN1CCC(Nc2nc(C)nc(NC3CCCCCC3)n2)CC1.Cc1ccc(C)c(F)c1. The summed E-state index contributed by atoms with van der Waals surface area (Å²) < 4.78 is 12.6. The maximum absolute atomic E-state index is 12.6. The van der Waals surface area contributed by atoms with Crippen molar-refractivity contribution in [2.75, 3.05) is 30.3 Å². The summed E-state index contributed by atoms with van der Waals surface area (Å²) in [7, 11) is 0. The molecule has 208 valence electrons. The quantitative estimate of drug-likeness (QED) is 0.347. The minimum Gasteiger partial charge on any atom is -0.351 e. The molecule has 2 fully saturated rings. The van der Waals surface area contributed by atoms with Gasteiger partial charge in [-0.25, -0.2) is 4.39 Å². The van der Waals surface area contributed by atoms with Crippen LogP contribution in [0.3, 0.4) is 0 Å². The number of aryl methyl sites for hydroxylation is 3. The van der Waals surface area contributed by atoms with Crippen molar-refractivity contribution in [3.8, 4) is 0 Å². The lowest BCUT2D eigenvalue weighted by Crippen LogP contribution is -2.39. The minimum absolute atomic E-state index is 0. The standard InChI is InChI=1S/C18H32N6.C8H9F.C2H4O.CH4/c1-3-24-12-10-16(11-13-24)22-18-20-14(2)19-17(23-18)21-15-8-6-4-5-7-9-15;1-6-3-4-7(2)8(9)5-6;1-2-3;/h15-16H,3-13H2,1-2H3,(H2,19,20,21,22,23);3-5H,1-2H3;2H,1H3;1H4. The van der Waals surface area contributed by atoms with Crippen LogP contribution in [-0.4, -0.2) is 57.9 Å². The van der Waals surface area contributed by atoms with Crippen LogP contribution in [0.4, 0.5) is 16.3 Å². The number of benzene rings is 1. The lowest BCUT2D eigenvalue weighted by molar-refractivity contribution is -0.106. The third kappa shape index (κ3) is 12.5. The molecular weight excluding hydrogens is 467 g/mol.